The van der Waals surface area contributed by atoms with Gasteiger partial charge in [-0.25, -0.2) is 19.0 Å². The Balaban J connectivity index is 1.29. The van der Waals surface area contributed by atoms with E-state index in [1.807, 2.05) is 30.3 Å². The number of anilines is 1. The molecule has 2 aliphatic rings. The Morgan fingerprint density at radius 3 is 2.74 bits per heavy atom. The fourth-order valence-electron chi connectivity index (χ4n) is 5.53. The summed E-state index contributed by atoms with van der Waals surface area (Å²) in [6, 6.07) is 12.7. The van der Waals surface area contributed by atoms with E-state index in [-0.39, 0.29) is 23.8 Å². The first kappa shape index (κ1) is 29.4. The molecule has 1 aliphatic heterocycles. The second-order valence-electron chi connectivity index (χ2n) is 10.9. The second kappa shape index (κ2) is 11.1. The van der Waals surface area contributed by atoms with Crippen LogP contribution < -0.4 is 15.3 Å². The second-order valence-corrected chi connectivity index (χ2v) is 12.6. The molecule has 5 N–H and O–H groups in total. The first-order chi connectivity index (χ1) is 20.6. The highest BCUT2D eigenvalue weighted by Crippen LogP contribution is 2.52. The van der Waals surface area contributed by atoms with Crippen molar-refractivity contribution in [1.29, 1.82) is 0 Å². The van der Waals surface area contributed by atoms with Crippen molar-refractivity contribution in [2.24, 2.45) is 0 Å². The molecule has 3 heterocycles. The van der Waals surface area contributed by atoms with Gasteiger partial charge >= 0.3 is 13.7 Å². The molecule has 15 heteroatoms. The third kappa shape index (κ3) is 5.24. The lowest BCUT2D eigenvalue weighted by Crippen LogP contribution is -2.57. The number of aromatic nitrogens is 4. The Bertz CT molecular complexity index is 1700. The molecule has 0 spiro atoms. The number of nitrogens with zero attached hydrogens (tertiary/aromatic N) is 4. The molecule has 43 heavy (non-hydrogen) atoms. The average molecular weight is 613 g/mol. The smallest absolute Gasteiger partial charge is 0.459 e. The number of aliphatic hydroxyl groups is 2. The first-order valence-electron chi connectivity index (χ1n) is 14.0. The minimum Gasteiger partial charge on any atom is -0.465 e. The molecule has 1 unspecified atom stereocenters. The van der Waals surface area contributed by atoms with Crippen molar-refractivity contribution in [3.63, 3.8) is 0 Å². The van der Waals surface area contributed by atoms with Crippen LogP contribution in [-0.2, 0) is 23.4 Å². The van der Waals surface area contributed by atoms with Crippen LogP contribution in [0, 0.1) is 0 Å². The number of hydrogen-bond acceptors (Lipinski definition) is 12. The van der Waals surface area contributed by atoms with E-state index in [9.17, 15) is 19.6 Å². The molecule has 2 fully saturated rings. The maximum absolute atomic E-state index is 14.5. The van der Waals surface area contributed by atoms with E-state index >= 15 is 0 Å². The van der Waals surface area contributed by atoms with Crippen LogP contribution >= 0.6 is 7.75 Å². The fourth-order valence-corrected chi connectivity index (χ4v) is 7.29. The zero-order valence-corrected chi connectivity index (χ0v) is 24.5. The molecule has 1 aliphatic carbocycles. The van der Waals surface area contributed by atoms with Gasteiger partial charge in [0.05, 0.1) is 25.1 Å². The molecule has 0 radical (unpaired) electrons. The summed E-state index contributed by atoms with van der Waals surface area (Å²) in [5, 5.41) is 31.0. The molecule has 14 nitrogen and oxygen atoms in total. The Hall–Kier alpha value is -3.65. The highest BCUT2D eigenvalue weighted by Gasteiger charge is 2.56. The SMILES string of the molecule is CCOC(=O)C1(NP(=O)(OC[C@H]2O[C@@H](c3cnc4c(N)ncnn34)[C@](C)(O)[C@@H]2O)Oc2cccc3ccccc23)CCC1. The molecule has 2 aromatic carbocycles. The van der Waals surface area contributed by atoms with Gasteiger partial charge in [-0.05, 0) is 44.6 Å². The van der Waals surface area contributed by atoms with E-state index in [4.69, 9.17) is 24.3 Å². The number of imidazole rings is 1. The number of rotatable bonds is 10. The highest BCUT2D eigenvalue weighted by atomic mass is 31.2. The zero-order valence-electron chi connectivity index (χ0n) is 23.6. The number of aliphatic hydroxyl groups excluding tert-OH is 1. The van der Waals surface area contributed by atoms with E-state index in [0.29, 0.717) is 30.3 Å². The van der Waals surface area contributed by atoms with Gasteiger partial charge in [0.2, 0.25) is 0 Å². The van der Waals surface area contributed by atoms with Crippen molar-refractivity contribution in [1.82, 2.24) is 24.7 Å². The molecule has 228 valence electrons. The molecule has 6 rings (SSSR count). The zero-order chi connectivity index (χ0) is 30.4. The first-order valence-corrected chi connectivity index (χ1v) is 15.5. The number of carbonyl (C=O) groups excluding carboxylic acids is 1. The maximum atomic E-state index is 14.5. The van der Waals surface area contributed by atoms with E-state index in [1.54, 1.807) is 19.1 Å². The lowest BCUT2D eigenvalue weighted by atomic mass is 9.78. The standard InChI is InChI=1S/C28H33N6O8P/c1-3-39-26(36)28(12-7-13-28)33-43(38,42-20-11-6-9-17-8-4-5-10-18(17)20)40-15-21-22(35)27(2,37)23(41-21)19-14-30-25-24(29)31-16-32-34(19)25/h4-6,8-11,14,16,21-23,35,37H,3,7,12-13,15H2,1-2H3,(H,33,38)(H2,29,31,32)/t21-,22-,23+,27-,43?/m1/s1. The number of ether oxygens (including phenoxy) is 2. The summed E-state index contributed by atoms with van der Waals surface area (Å²) in [7, 11) is -4.33. The van der Waals surface area contributed by atoms with Crippen LogP contribution in [0.4, 0.5) is 5.82 Å². The van der Waals surface area contributed by atoms with Crippen molar-refractivity contribution >= 4 is 36.0 Å². The Morgan fingerprint density at radius 2 is 2.00 bits per heavy atom. The van der Waals surface area contributed by atoms with Crippen LogP contribution in [-0.4, -0.2) is 72.3 Å². The van der Waals surface area contributed by atoms with Gasteiger partial charge in [-0.2, -0.15) is 10.2 Å². The third-order valence-electron chi connectivity index (χ3n) is 8.02. The molecule has 0 bridgehead atoms. The van der Waals surface area contributed by atoms with Crippen LogP contribution in [0.25, 0.3) is 16.4 Å². The molecule has 1 saturated heterocycles. The fraction of sp³-hybridized carbons (Fsp3) is 0.429. The van der Waals surface area contributed by atoms with Crippen LogP contribution in [0.2, 0.25) is 0 Å². The van der Waals surface area contributed by atoms with Gasteiger partial charge in [0.25, 0.3) is 0 Å². The lowest BCUT2D eigenvalue weighted by Gasteiger charge is -2.41. The van der Waals surface area contributed by atoms with Crippen molar-refractivity contribution in [2.75, 3.05) is 18.9 Å². The van der Waals surface area contributed by atoms with Crippen LogP contribution in [0.3, 0.4) is 0 Å². The monoisotopic (exact) mass is 612 g/mol. The van der Waals surface area contributed by atoms with Crippen LogP contribution in [0.5, 0.6) is 5.75 Å². The van der Waals surface area contributed by atoms with Gasteiger partial charge in [-0.15, -0.1) is 0 Å². The lowest BCUT2D eigenvalue weighted by molar-refractivity contribution is -0.154. The van der Waals surface area contributed by atoms with Gasteiger partial charge in [0, 0.05) is 5.39 Å². The van der Waals surface area contributed by atoms with E-state index < -0.39 is 49.8 Å². The molecular weight excluding hydrogens is 579 g/mol. The van der Waals surface area contributed by atoms with Crippen molar-refractivity contribution in [3.8, 4) is 5.75 Å². The van der Waals surface area contributed by atoms with Crippen molar-refractivity contribution < 1.29 is 38.1 Å². The minimum atomic E-state index is -4.33. The quantitative estimate of drug-likeness (QED) is 0.151. The summed E-state index contributed by atoms with van der Waals surface area (Å²) in [5.74, 6) is -0.155. The summed E-state index contributed by atoms with van der Waals surface area (Å²) in [5.41, 5.74) is 3.39. The number of carbonyl (C=O) groups is 1. The Morgan fingerprint density at radius 1 is 1.23 bits per heavy atom. The number of benzene rings is 2. The van der Waals surface area contributed by atoms with Gasteiger partial charge in [-0.3, -0.25) is 9.32 Å². The Labute approximate surface area is 246 Å². The summed E-state index contributed by atoms with van der Waals surface area (Å²) >= 11 is 0. The molecule has 0 amide bonds. The predicted molar refractivity (Wildman–Crippen MR) is 154 cm³/mol. The summed E-state index contributed by atoms with van der Waals surface area (Å²) in [6.45, 7) is 2.78. The van der Waals surface area contributed by atoms with Gasteiger partial charge in [0.1, 0.15) is 41.5 Å². The van der Waals surface area contributed by atoms with Crippen molar-refractivity contribution in [3.05, 3.63) is 60.7 Å². The third-order valence-corrected chi connectivity index (χ3v) is 9.65. The number of fused-ring (bicyclic) bond motifs is 2. The molecule has 2 aromatic heterocycles. The number of nitrogens with two attached hydrogens (primary N) is 1. The molecule has 5 atom stereocenters. The number of esters is 1. The Kier molecular flexibility index (Phi) is 7.61. The predicted octanol–water partition coefficient (Wildman–Crippen LogP) is 2.69. The van der Waals surface area contributed by atoms with Crippen molar-refractivity contribution in [2.45, 2.75) is 62.6 Å². The number of nitrogens with one attached hydrogen (secondary N) is 1. The van der Waals surface area contributed by atoms with Crippen LogP contribution in [0.15, 0.2) is 55.0 Å². The summed E-state index contributed by atoms with van der Waals surface area (Å²) < 4.78 is 39.2. The van der Waals surface area contributed by atoms with Gasteiger partial charge in [0.15, 0.2) is 11.5 Å². The van der Waals surface area contributed by atoms with Gasteiger partial charge in [-0.1, -0.05) is 36.4 Å². The van der Waals surface area contributed by atoms with Gasteiger partial charge < -0.3 is 29.9 Å². The van der Waals surface area contributed by atoms with E-state index in [0.717, 1.165) is 5.39 Å². The molecule has 1 saturated carbocycles. The topological polar surface area (TPSA) is 193 Å². The number of hydrogen-bond donors (Lipinski definition) is 4. The van der Waals surface area contributed by atoms with Crippen LogP contribution in [0.1, 0.15) is 44.9 Å². The molecule has 4 aromatic rings. The number of nitrogen functional groups attached to an aromatic ring is 1. The summed E-state index contributed by atoms with van der Waals surface area (Å²) in [6.07, 6.45) is 0.373. The summed E-state index contributed by atoms with van der Waals surface area (Å²) in [4.78, 5) is 21.1. The maximum Gasteiger partial charge on any atom is 0.459 e. The highest BCUT2D eigenvalue weighted by molar-refractivity contribution is 7.52. The normalized spacial score (nSPS) is 26.2. The van der Waals surface area contributed by atoms with E-state index in [2.05, 4.69) is 20.2 Å². The van der Waals surface area contributed by atoms with E-state index in [1.165, 1.54) is 24.0 Å². The average Bonchev–Trinajstić information content (AvgIpc) is 3.49. The molecular formula is C28H33N6O8P. The minimum absolute atomic E-state index is 0.128. The largest absolute Gasteiger partial charge is 0.465 e.